The molecule has 1 amide bonds. The number of carbonyl (C=O) groups excluding carboxylic acids is 1. The molecule has 0 saturated carbocycles. The van der Waals surface area contributed by atoms with E-state index in [0.717, 1.165) is 19.5 Å². The average molecular weight is 352 g/mol. The van der Waals surface area contributed by atoms with Gasteiger partial charge in [0, 0.05) is 29.7 Å². The molecule has 1 aromatic carbocycles. The van der Waals surface area contributed by atoms with Gasteiger partial charge in [0.05, 0.1) is 6.54 Å². The zero-order valence-corrected chi connectivity index (χ0v) is 13.4. The second-order valence-corrected chi connectivity index (χ2v) is 6.71. The summed E-state index contributed by atoms with van der Waals surface area (Å²) in [6, 6.07) is 6.28. The van der Waals surface area contributed by atoms with Gasteiger partial charge in [-0.1, -0.05) is 0 Å². The Balaban J connectivity index is 1.37. The Hall–Kier alpha value is -2.19. The Labute approximate surface area is 140 Å². The number of thiophene rings is 1. The van der Waals surface area contributed by atoms with Crippen LogP contribution in [0.5, 0.6) is 11.5 Å². The molecule has 0 fully saturated rings. The number of hydrogen-bond donors (Lipinski definition) is 1. The number of nitrogens with one attached hydrogen (secondary N) is 1. The number of alkyl halides is 2. The molecule has 0 spiro atoms. The van der Waals surface area contributed by atoms with Gasteiger partial charge < -0.3 is 14.8 Å². The number of benzene rings is 1. The molecule has 126 valence electrons. The number of nitrogens with zero attached hydrogens (tertiary/aromatic N) is 1. The molecule has 1 N–H and O–H groups in total. The van der Waals surface area contributed by atoms with Gasteiger partial charge in [-0.2, -0.15) is 0 Å². The minimum absolute atomic E-state index is 0.0426. The lowest BCUT2D eigenvalue weighted by Crippen LogP contribution is -2.36. The van der Waals surface area contributed by atoms with E-state index in [0.29, 0.717) is 5.69 Å². The van der Waals surface area contributed by atoms with Crippen LogP contribution in [0.4, 0.5) is 14.5 Å². The first-order chi connectivity index (χ1) is 11.5. The first-order valence-electron chi connectivity index (χ1n) is 7.46. The van der Waals surface area contributed by atoms with Crippen LogP contribution in [0, 0.1) is 0 Å². The predicted octanol–water partition coefficient (Wildman–Crippen LogP) is 3.07. The van der Waals surface area contributed by atoms with Crippen LogP contribution in [0.2, 0.25) is 0 Å². The quantitative estimate of drug-likeness (QED) is 0.922. The summed E-state index contributed by atoms with van der Waals surface area (Å²) in [7, 11) is 0. The number of hydrogen-bond acceptors (Lipinski definition) is 5. The minimum Gasteiger partial charge on any atom is -0.395 e. The van der Waals surface area contributed by atoms with E-state index in [1.54, 1.807) is 11.3 Å². The predicted molar refractivity (Wildman–Crippen MR) is 84.6 cm³/mol. The number of fused-ring (bicyclic) bond motifs is 2. The van der Waals surface area contributed by atoms with Crippen LogP contribution in [0.25, 0.3) is 0 Å². The Kier molecular flexibility index (Phi) is 3.65. The molecule has 3 heterocycles. The molecule has 0 saturated heterocycles. The molecule has 0 bridgehead atoms. The van der Waals surface area contributed by atoms with E-state index >= 15 is 0 Å². The van der Waals surface area contributed by atoms with Gasteiger partial charge >= 0.3 is 6.29 Å². The van der Waals surface area contributed by atoms with Crippen molar-refractivity contribution < 1.29 is 23.0 Å². The van der Waals surface area contributed by atoms with Crippen molar-refractivity contribution in [2.24, 2.45) is 0 Å². The second-order valence-electron chi connectivity index (χ2n) is 5.71. The third-order valence-corrected chi connectivity index (χ3v) is 4.96. The van der Waals surface area contributed by atoms with E-state index in [-0.39, 0.29) is 24.0 Å². The van der Waals surface area contributed by atoms with Crippen molar-refractivity contribution in [3.8, 4) is 11.5 Å². The Bertz CT molecular complexity index is 793. The summed E-state index contributed by atoms with van der Waals surface area (Å²) in [6.45, 7) is 1.83. The largest absolute Gasteiger partial charge is 0.586 e. The summed E-state index contributed by atoms with van der Waals surface area (Å²) < 4.78 is 34.7. The normalized spacial score (nSPS) is 18.2. The molecular weight excluding hydrogens is 338 g/mol. The number of halogens is 2. The fourth-order valence-corrected chi connectivity index (χ4v) is 3.76. The Morgan fingerprint density at radius 3 is 3.00 bits per heavy atom. The van der Waals surface area contributed by atoms with Crippen molar-refractivity contribution in [1.82, 2.24) is 4.90 Å². The van der Waals surface area contributed by atoms with Gasteiger partial charge in [-0.05, 0) is 35.6 Å². The highest BCUT2D eigenvalue weighted by molar-refractivity contribution is 7.10. The van der Waals surface area contributed by atoms with Crippen molar-refractivity contribution in [2.45, 2.75) is 19.3 Å². The lowest BCUT2D eigenvalue weighted by atomic mass is 10.1. The molecule has 0 unspecified atom stereocenters. The molecule has 2 aliphatic heterocycles. The van der Waals surface area contributed by atoms with Gasteiger partial charge in [-0.15, -0.1) is 20.1 Å². The average Bonchev–Trinajstić information content (AvgIpc) is 3.08. The van der Waals surface area contributed by atoms with Crippen LogP contribution in [-0.2, 0) is 17.8 Å². The van der Waals surface area contributed by atoms with Crippen LogP contribution in [0.15, 0.2) is 29.6 Å². The molecule has 8 heteroatoms. The molecule has 2 aromatic rings. The first-order valence-corrected chi connectivity index (χ1v) is 8.34. The van der Waals surface area contributed by atoms with Gasteiger partial charge in [-0.25, -0.2) is 0 Å². The van der Waals surface area contributed by atoms with Crippen LogP contribution in [-0.4, -0.2) is 30.2 Å². The Morgan fingerprint density at radius 1 is 1.29 bits per heavy atom. The summed E-state index contributed by atoms with van der Waals surface area (Å²) in [6.07, 6.45) is -2.71. The lowest BCUT2D eigenvalue weighted by molar-refractivity contribution is -0.286. The SMILES string of the molecule is O=C(CN1CCc2sccc2C1)Nc1ccc2c(c1)OC(F)(F)O2. The lowest BCUT2D eigenvalue weighted by Gasteiger charge is -2.26. The van der Waals surface area contributed by atoms with Gasteiger partial charge in [-0.3, -0.25) is 9.69 Å². The van der Waals surface area contributed by atoms with E-state index in [4.69, 9.17) is 0 Å². The van der Waals surface area contributed by atoms with E-state index in [1.165, 1.54) is 28.6 Å². The summed E-state index contributed by atoms with van der Waals surface area (Å²) >= 11 is 1.75. The third kappa shape index (κ3) is 3.07. The van der Waals surface area contributed by atoms with E-state index in [1.807, 2.05) is 0 Å². The fourth-order valence-electron chi connectivity index (χ4n) is 2.87. The van der Waals surface area contributed by atoms with Crippen molar-refractivity contribution in [3.05, 3.63) is 40.1 Å². The van der Waals surface area contributed by atoms with Crippen LogP contribution in [0.3, 0.4) is 0 Å². The zero-order valence-electron chi connectivity index (χ0n) is 12.6. The Morgan fingerprint density at radius 2 is 2.12 bits per heavy atom. The molecule has 1 aromatic heterocycles. The number of anilines is 1. The maximum atomic E-state index is 13.0. The highest BCUT2D eigenvalue weighted by Gasteiger charge is 2.43. The van der Waals surface area contributed by atoms with Crippen molar-refractivity contribution in [3.63, 3.8) is 0 Å². The van der Waals surface area contributed by atoms with Gasteiger partial charge in [0.25, 0.3) is 0 Å². The molecule has 0 radical (unpaired) electrons. The van der Waals surface area contributed by atoms with Crippen LogP contribution >= 0.6 is 11.3 Å². The summed E-state index contributed by atoms with van der Waals surface area (Å²) in [5.74, 6) is -0.322. The summed E-state index contributed by atoms with van der Waals surface area (Å²) in [4.78, 5) is 15.6. The number of amides is 1. The molecule has 5 nitrogen and oxygen atoms in total. The van der Waals surface area contributed by atoms with Crippen LogP contribution in [0.1, 0.15) is 10.4 Å². The number of rotatable bonds is 3. The highest BCUT2D eigenvalue weighted by Crippen LogP contribution is 2.42. The molecule has 0 aliphatic carbocycles. The number of ether oxygens (including phenoxy) is 2. The van der Waals surface area contributed by atoms with Crippen LogP contribution < -0.4 is 14.8 Å². The van der Waals surface area contributed by atoms with Crippen molar-refractivity contribution >= 4 is 22.9 Å². The van der Waals surface area contributed by atoms with Gasteiger partial charge in [0.2, 0.25) is 5.91 Å². The van der Waals surface area contributed by atoms with Crippen molar-refractivity contribution in [1.29, 1.82) is 0 Å². The molecule has 2 aliphatic rings. The summed E-state index contributed by atoms with van der Waals surface area (Å²) in [5, 5.41) is 4.77. The highest BCUT2D eigenvalue weighted by atomic mass is 32.1. The van der Waals surface area contributed by atoms with Gasteiger partial charge in [0.15, 0.2) is 11.5 Å². The number of carbonyl (C=O) groups is 1. The fraction of sp³-hybridized carbons (Fsp3) is 0.312. The van der Waals surface area contributed by atoms with Gasteiger partial charge in [0.1, 0.15) is 0 Å². The topological polar surface area (TPSA) is 50.8 Å². The minimum atomic E-state index is -3.66. The summed E-state index contributed by atoms with van der Waals surface area (Å²) in [5.41, 5.74) is 1.66. The monoisotopic (exact) mass is 352 g/mol. The van der Waals surface area contributed by atoms with E-state index in [9.17, 15) is 13.6 Å². The van der Waals surface area contributed by atoms with Crippen molar-refractivity contribution in [2.75, 3.05) is 18.4 Å². The van der Waals surface area contributed by atoms with E-state index < -0.39 is 6.29 Å². The van der Waals surface area contributed by atoms with E-state index in [2.05, 4.69) is 31.1 Å². The third-order valence-electron chi connectivity index (χ3n) is 3.94. The molecule has 4 rings (SSSR count). The maximum absolute atomic E-state index is 13.0. The molecule has 24 heavy (non-hydrogen) atoms. The maximum Gasteiger partial charge on any atom is 0.586 e. The first kappa shape index (κ1) is 15.3. The standard InChI is InChI=1S/C16H14F2N2O3S/c17-16(18)22-12-2-1-11(7-13(12)23-16)19-15(21)9-20-5-3-14-10(8-20)4-6-24-14/h1-2,4,6-7H,3,5,8-9H2,(H,19,21). The smallest absolute Gasteiger partial charge is 0.395 e. The molecular formula is C16H14F2N2O3S. The second kappa shape index (κ2) is 5.71. The molecule has 0 atom stereocenters. The zero-order chi connectivity index (χ0) is 16.7.